The highest BCUT2D eigenvalue weighted by atomic mass is 16.1. The first kappa shape index (κ1) is 17.3. The van der Waals surface area contributed by atoms with Gasteiger partial charge in [0.25, 0.3) is 5.56 Å². The van der Waals surface area contributed by atoms with Crippen LogP contribution >= 0.6 is 0 Å². The molecule has 0 aliphatic carbocycles. The first-order valence-electron chi connectivity index (χ1n) is 8.97. The van der Waals surface area contributed by atoms with Crippen molar-refractivity contribution in [1.82, 2.24) is 19.4 Å². The Morgan fingerprint density at radius 2 is 2.22 bits per heavy atom. The molecule has 0 saturated carbocycles. The highest BCUT2D eigenvalue weighted by Gasteiger charge is 2.23. The number of imidazole rings is 1. The Balaban J connectivity index is 1.84. The molecule has 1 saturated heterocycles. The summed E-state index contributed by atoms with van der Waals surface area (Å²) in [6.45, 7) is 1.88. The number of nitrogens with zero attached hydrogens (tertiary/aromatic N) is 5. The maximum Gasteiger partial charge on any atom is 0.296 e. The summed E-state index contributed by atoms with van der Waals surface area (Å²) < 4.78 is 3.46. The summed E-state index contributed by atoms with van der Waals surface area (Å²) in [7, 11) is 0. The van der Waals surface area contributed by atoms with Crippen LogP contribution in [0.1, 0.15) is 24.0 Å². The number of benzene rings is 1. The van der Waals surface area contributed by atoms with Crippen LogP contribution in [0.25, 0.3) is 5.65 Å². The average Bonchev–Trinajstić information content (AvgIpc) is 3.19. The Morgan fingerprint density at radius 3 is 3.04 bits per heavy atom. The summed E-state index contributed by atoms with van der Waals surface area (Å²) in [4.78, 5) is 19.5. The molecule has 2 aromatic heterocycles. The van der Waals surface area contributed by atoms with E-state index in [1.165, 1.54) is 0 Å². The zero-order chi connectivity index (χ0) is 18.8. The molecule has 4 rings (SSSR count). The Kier molecular flexibility index (Phi) is 4.62. The van der Waals surface area contributed by atoms with E-state index in [9.17, 15) is 10.1 Å². The number of rotatable bonds is 4. The summed E-state index contributed by atoms with van der Waals surface area (Å²) >= 11 is 0. The van der Waals surface area contributed by atoms with Gasteiger partial charge in [0.2, 0.25) is 5.65 Å². The quantitative estimate of drug-likeness (QED) is 0.526. The molecular formula is C19H21N7O. The SMILES string of the molecule is N#Cc1ccccc1Cn1c(N2CCC[C@@H](NN)C2)cn2ccnc2c1=O. The standard InChI is InChI=1S/C19H21N7O/c20-10-14-4-1-2-5-15(14)11-26-17(24-8-3-6-16(12-24)23-21)13-25-9-7-22-18(25)19(26)27/h1-2,4-5,7,9,13,16,23H,3,6,8,11-12,21H2/t16-/m1/s1. The van der Waals surface area contributed by atoms with Crippen LogP contribution in [0.5, 0.6) is 0 Å². The van der Waals surface area contributed by atoms with E-state index in [1.807, 2.05) is 24.4 Å². The third-order valence-electron chi connectivity index (χ3n) is 5.08. The minimum absolute atomic E-state index is 0.173. The van der Waals surface area contributed by atoms with Crippen molar-refractivity contribution in [2.24, 2.45) is 5.84 Å². The first-order valence-corrected chi connectivity index (χ1v) is 8.97. The molecule has 0 amide bonds. The second-order valence-electron chi connectivity index (χ2n) is 6.76. The van der Waals surface area contributed by atoms with E-state index in [2.05, 4.69) is 21.4 Å². The molecule has 1 atom stereocenters. The van der Waals surface area contributed by atoms with Crippen molar-refractivity contribution < 1.29 is 0 Å². The molecule has 8 nitrogen and oxygen atoms in total. The number of aromatic nitrogens is 3. The number of hydrazine groups is 1. The molecule has 8 heteroatoms. The highest BCUT2D eigenvalue weighted by molar-refractivity contribution is 5.48. The number of nitriles is 1. The van der Waals surface area contributed by atoms with Crippen LogP contribution in [0, 0.1) is 11.3 Å². The van der Waals surface area contributed by atoms with Gasteiger partial charge in [-0.3, -0.25) is 25.0 Å². The highest BCUT2D eigenvalue weighted by Crippen LogP contribution is 2.21. The summed E-state index contributed by atoms with van der Waals surface area (Å²) in [6.07, 6.45) is 7.31. The van der Waals surface area contributed by atoms with Crippen LogP contribution in [0.2, 0.25) is 0 Å². The molecule has 138 valence electrons. The Bertz CT molecular complexity index is 1060. The van der Waals surface area contributed by atoms with E-state index in [0.29, 0.717) is 17.8 Å². The van der Waals surface area contributed by atoms with E-state index >= 15 is 0 Å². The van der Waals surface area contributed by atoms with Crippen LogP contribution in [-0.4, -0.2) is 33.1 Å². The van der Waals surface area contributed by atoms with Gasteiger partial charge in [-0.1, -0.05) is 18.2 Å². The summed E-state index contributed by atoms with van der Waals surface area (Å²) in [6, 6.07) is 9.73. The minimum atomic E-state index is -0.173. The van der Waals surface area contributed by atoms with E-state index in [1.54, 1.807) is 27.4 Å². The lowest BCUT2D eigenvalue weighted by atomic mass is 10.1. The molecule has 3 aromatic rings. The molecular weight excluding hydrogens is 342 g/mol. The molecule has 1 aromatic carbocycles. The van der Waals surface area contributed by atoms with Crippen LogP contribution < -0.4 is 21.7 Å². The maximum atomic E-state index is 13.1. The number of nitrogens with one attached hydrogen (secondary N) is 1. The molecule has 0 spiro atoms. The fourth-order valence-electron chi connectivity index (χ4n) is 3.67. The van der Waals surface area contributed by atoms with Crippen molar-refractivity contribution in [3.63, 3.8) is 0 Å². The minimum Gasteiger partial charge on any atom is -0.355 e. The predicted molar refractivity (Wildman–Crippen MR) is 102 cm³/mol. The van der Waals surface area contributed by atoms with Gasteiger partial charge >= 0.3 is 0 Å². The lowest BCUT2D eigenvalue weighted by molar-refractivity contribution is 0.425. The summed E-state index contributed by atoms with van der Waals surface area (Å²) in [5.74, 6) is 6.45. The van der Waals surface area contributed by atoms with Gasteiger partial charge in [0.05, 0.1) is 24.4 Å². The van der Waals surface area contributed by atoms with Gasteiger partial charge in [-0.25, -0.2) is 4.98 Å². The van der Waals surface area contributed by atoms with Crippen molar-refractivity contribution >= 4 is 11.5 Å². The zero-order valence-corrected chi connectivity index (χ0v) is 14.9. The van der Waals surface area contributed by atoms with E-state index in [4.69, 9.17) is 5.84 Å². The van der Waals surface area contributed by atoms with Gasteiger partial charge < -0.3 is 4.90 Å². The fraction of sp³-hybridized carbons (Fsp3) is 0.316. The van der Waals surface area contributed by atoms with Crippen molar-refractivity contribution in [3.8, 4) is 6.07 Å². The lowest BCUT2D eigenvalue weighted by Crippen LogP contribution is -2.49. The topological polar surface area (TPSA) is 104 Å². The molecule has 27 heavy (non-hydrogen) atoms. The van der Waals surface area contributed by atoms with Crippen molar-refractivity contribution in [2.45, 2.75) is 25.4 Å². The molecule has 0 bridgehead atoms. The van der Waals surface area contributed by atoms with Crippen molar-refractivity contribution in [1.29, 1.82) is 5.26 Å². The average molecular weight is 363 g/mol. The third-order valence-corrected chi connectivity index (χ3v) is 5.08. The number of nitrogens with two attached hydrogens (primary N) is 1. The Morgan fingerprint density at radius 1 is 1.37 bits per heavy atom. The van der Waals surface area contributed by atoms with Crippen LogP contribution in [0.4, 0.5) is 5.82 Å². The largest absolute Gasteiger partial charge is 0.355 e. The van der Waals surface area contributed by atoms with Crippen molar-refractivity contribution in [2.75, 3.05) is 18.0 Å². The number of piperidine rings is 1. The van der Waals surface area contributed by atoms with E-state index in [-0.39, 0.29) is 11.6 Å². The third kappa shape index (κ3) is 3.18. The van der Waals surface area contributed by atoms with E-state index < -0.39 is 0 Å². The summed E-state index contributed by atoms with van der Waals surface area (Å²) in [5, 5.41) is 9.40. The smallest absolute Gasteiger partial charge is 0.296 e. The number of hydrogen-bond donors (Lipinski definition) is 2. The van der Waals surface area contributed by atoms with Crippen LogP contribution in [0.15, 0.2) is 47.7 Å². The maximum absolute atomic E-state index is 13.1. The lowest BCUT2D eigenvalue weighted by Gasteiger charge is -2.35. The Labute approximate surface area is 156 Å². The second kappa shape index (κ2) is 7.23. The molecule has 1 fully saturated rings. The van der Waals surface area contributed by atoms with Crippen LogP contribution in [0.3, 0.4) is 0 Å². The van der Waals surface area contributed by atoms with Gasteiger partial charge in [0.1, 0.15) is 5.82 Å². The number of anilines is 1. The molecule has 3 N–H and O–H groups in total. The predicted octanol–water partition coefficient (Wildman–Crippen LogP) is 0.848. The van der Waals surface area contributed by atoms with E-state index in [0.717, 1.165) is 37.3 Å². The van der Waals surface area contributed by atoms with Crippen molar-refractivity contribution in [3.05, 3.63) is 64.3 Å². The second-order valence-corrected chi connectivity index (χ2v) is 6.76. The molecule has 1 aliphatic heterocycles. The zero-order valence-electron chi connectivity index (χ0n) is 14.9. The normalized spacial score (nSPS) is 17.2. The van der Waals surface area contributed by atoms with Gasteiger partial charge in [0, 0.05) is 31.5 Å². The monoisotopic (exact) mass is 363 g/mol. The van der Waals surface area contributed by atoms with Gasteiger partial charge in [-0.15, -0.1) is 0 Å². The van der Waals surface area contributed by atoms with Gasteiger partial charge in [-0.05, 0) is 24.5 Å². The van der Waals surface area contributed by atoms with Crippen LogP contribution in [-0.2, 0) is 6.54 Å². The summed E-state index contributed by atoms with van der Waals surface area (Å²) in [5.41, 5.74) is 4.43. The molecule has 1 aliphatic rings. The van der Waals surface area contributed by atoms with Gasteiger partial charge in [-0.2, -0.15) is 5.26 Å². The molecule has 3 heterocycles. The fourth-order valence-corrected chi connectivity index (χ4v) is 3.67. The Hall–Kier alpha value is -3.15. The molecule has 0 radical (unpaired) electrons. The van der Waals surface area contributed by atoms with Gasteiger partial charge in [0.15, 0.2) is 0 Å². The first-order chi connectivity index (χ1) is 13.2. The molecule has 0 unspecified atom stereocenters. The number of hydrogen-bond acceptors (Lipinski definition) is 6. The number of fused-ring (bicyclic) bond motifs is 1.